The number of rotatable bonds is 4. The Kier molecular flexibility index (Phi) is 4.72. The fraction of sp³-hybridized carbons (Fsp3) is 0.727. The first-order chi connectivity index (χ1) is 5.89. The van der Waals surface area contributed by atoms with Gasteiger partial charge in [0.1, 0.15) is 5.78 Å². The number of carbonyl (C=O) groups excluding carboxylic acids is 1. The molecule has 0 aromatic rings. The normalized spacial score (nSPS) is 13.5. The minimum atomic E-state index is -0.370. The zero-order chi connectivity index (χ0) is 10.5. The van der Waals surface area contributed by atoms with Gasteiger partial charge in [-0.15, -0.1) is 12.3 Å². The molecule has 1 unspecified atom stereocenters. The number of ketones is 1. The molecule has 13 heavy (non-hydrogen) atoms. The van der Waals surface area contributed by atoms with Gasteiger partial charge in [0, 0.05) is 12.8 Å². The summed E-state index contributed by atoms with van der Waals surface area (Å²) in [6.45, 7) is 5.91. The molecular weight excluding hydrogens is 162 g/mol. The lowest BCUT2D eigenvalue weighted by Gasteiger charge is -2.25. The van der Waals surface area contributed by atoms with Crippen LogP contribution in [0.2, 0.25) is 0 Å². The number of terminal acetylenes is 1. The number of unbranched alkanes of at least 4 members (excludes halogenated alkanes) is 1. The zero-order valence-corrected chi connectivity index (χ0v) is 8.76. The van der Waals surface area contributed by atoms with Crippen LogP contribution in [0.4, 0.5) is 0 Å². The number of Topliss-reactive ketones (excluding diaryl/α,β-unsaturated/α-hetero) is 1. The monoisotopic (exact) mass is 181 g/mol. The van der Waals surface area contributed by atoms with Crippen molar-refractivity contribution in [1.29, 1.82) is 0 Å². The lowest BCUT2D eigenvalue weighted by atomic mass is 9.83. The molecule has 0 saturated heterocycles. The van der Waals surface area contributed by atoms with Crippen molar-refractivity contribution in [3.05, 3.63) is 0 Å². The van der Waals surface area contributed by atoms with Crippen LogP contribution in [0, 0.1) is 17.8 Å². The Labute approximate surface area is 80.9 Å². The smallest absolute Gasteiger partial charge is 0.150 e. The minimum Gasteiger partial charge on any atom is -0.321 e. The van der Waals surface area contributed by atoms with Crippen molar-refractivity contribution in [3.8, 4) is 12.3 Å². The second-order valence-electron chi connectivity index (χ2n) is 4.37. The third-order valence-electron chi connectivity index (χ3n) is 2.02. The molecule has 2 N–H and O–H groups in total. The Morgan fingerprint density at radius 1 is 1.54 bits per heavy atom. The van der Waals surface area contributed by atoms with Crippen LogP contribution < -0.4 is 5.73 Å². The van der Waals surface area contributed by atoms with E-state index in [1.54, 1.807) is 0 Å². The summed E-state index contributed by atoms with van der Waals surface area (Å²) in [5.74, 6) is 2.62. The van der Waals surface area contributed by atoms with E-state index in [1.807, 2.05) is 20.8 Å². The van der Waals surface area contributed by atoms with Crippen LogP contribution in [0.1, 0.15) is 40.0 Å². The standard InChI is InChI=1S/C11H19NO/c1-5-6-7-8-9(13)10(12)11(2,3)4/h1,10H,6-8,12H2,2-4H3. The van der Waals surface area contributed by atoms with Gasteiger partial charge in [0.15, 0.2) is 0 Å². The van der Waals surface area contributed by atoms with Crippen LogP contribution in [0.15, 0.2) is 0 Å². The van der Waals surface area contributed by atoms with E-state index in [0.717, 1.165) is 6.42 Å². The molecule has 0 aliphatic carbocycles. The Balaban J connectivity index is 3.92. The SMILES string of the molecule is C#CCCCC(=O)C(N)C(C)(C)C. The maximum absolute atomic E-state index is 11.5. The van der Waals surface area contributed by atoms with E-state index in [9.17, 15) is 4.79 Å². The Hall–Kier alpha value is -0.810. The predicted octanol–water partition coefficient (Wildman–Crippen LogP) is 1.73. The fourth-order valence-corrected chi connectivity index (χ4v) is 1.00. The number of hydrogen-bond donors (Lipinski definition) is 1. The lowest BCUT2D eigenvalue weighted by molar-refractivity contribution is -0.122. The van der Waals surface area contributed by atoms with Gasteiger partial charge in [-0.3, -0.25) is 4.79 Å². The second kappa shape index (κ2) is 5.04. The van der Waals surface area contributed by atoms with Crippen LogP contribution >= 0.6 is 0 Å². The molecule has 0 saturated carbocycles. The molecule has 0 aromatic heterocycles. The number of carbonyl (C=O) groups is 1. The van der Waals surface area contributed by atoms with Gasteiger partial charge >= 0.3 is 0 Å². The molecule has 2 nitrogen and oxygen atoms in total. The highest BCUT2D eigenvalue weighted by molar-refractivity contribution is 5.84. The average Bonchev–Trinajstić information content (AvgIpc) is 2.01. The molecular formula is C11H19NO. The van der Waals surface area contributed by atoms with E-state index in [1.165, 1.54) is 0 Å². The largest absolute Gasteiger partial charge is 0.321 e. The number of nitrogens with two attached hydrogens (primary N) is 1. The maximum Gasteiger partial charge on any atom is 0.150 e. The molecule has 2 heteroatoms. The molecule has 0 aliphatic heterocycles. The molecule has 0 radical (unpaired) electrons. The predicted molar refractivity (Wildman–Crippen MR) is 55.1 cm³/mol. The van der Waals surface area contributed by atoms with Gasteiger partial charge in [0.2, 0.25) is 0 Å². The quantitative estimate of drug-likeness (QED) is 0.530. The fourth-order valence-electron chi connectivity index (χ4n) is 1.00. The Morgan fingerprint density at radius 2 is 2.08 bits per heavy atom. The lowest BCUT2D eigenvalue weighted by Crippen LogP contribution is -2.42. The van der Waals surface area contributed by atoms with Crippen molar-refractivity contribution in [1.82, 2.24) is 0 Å². The van der Waals surface area contributed by atoms with Gasteiger partial charge < -0.3 is 5.73 Å². The van der Waals surface area contributed by atoms with Gasteiger partial charge in [-0.1, -0.05) is 20.8 Å². The zero-order valence-electron chi connectivity index (χ0n) is 8.76. The Morgan fingerprint density at radius 3 is 2.46 bits per heavy atom. The summed E-state index contributed by atoms with van der Waals surface area (Å²) in [5.41, 5.74) is 5.63. The van der Waals surface area contributed by atoms with Crippen LogP contribution in [-0.4, -0.2) is 11.8 Å². The van der Waals surface area contributed by atoms with E-state index in [0.29, 0.717) is 12.8 Å². The van der Waals surface area contributed by atoms with Crippen LogP contribution in [0.25, 0.3) is 0 Å². The van der Waals surface area contributed by atoms with Crippen LogP contribution in [0.5, 0.6) is 0 Å². The molecule has 0 aliphatic rings. The first kappa shape index (κ1) is 12.2. The molecule has 0 rings (SSSR count). The van der Waals surface area contributed by atoms with Crippen molar-refractivity contribution < 1.29 is 4.79 Å². The van der Waals surface area contributed by atoms with Gasteiger partial charge in [-0.05, 0) is 11.8 Å². The van der Waals surface area contributed by atoms with Gasteiger partial charge in [0.05, 0.1) is 6.04 Å². The Bertz CT molecular complexity index is 207. The molecule has 0 bridgehead atoms. The molecule has 0 spiro atoms. The summed E-state index contributed by atoms with van der Waals surface area (Å²) in [6.07, 6.45) is 6.99. The average molecular weight is 181 g/mol. The highest BCUT2D eigenvalue weighted by Gasteiger charge is 2.26. The van der Waals surface area contributed by atoms with E-state index < -0.39 is 0 Å². The molecule has 0 heterocycles. The summed E-state index contributed by atoms with van der Waals surface area (Å²) in [5, 5.41) is 0. The second-order valence-corrected chi connectivity index (χ2v) is 4.37. The molecule has 0 fully saturated rings. The molecule has 74 valence electrons. The molecule has 0 aromatic carbocycles. The van der Waals surface area contributed by atoms with Crippen molar-refractivity contribution >= 4 is 5.78 Å². The maximum atomic E-state index is 11.5. The highest BCUT2D eigenvalue weighted by Crippen LogP contribution is 2.19. The van der Waals surface area contributed by atoms with E-state index in [2.05, 4.69) is 5.92 Å². The topological polar surface area (TPSA) is 43.1 Å². The van der Waals surface area contributed by atoms with Gasteiger partial charge in [-0.2, -0.15) is 0 Å². The van der Waals surface area contributed by atoms with Crippen molar-refractivity contribution in [2.45, 2.75) is 46.1 Å². The van der Waals surface area contributed by atoms with E-state index >= 15 is 0 Å². The first-order valence-corrected chi connectivity index (χ1v) is 4.61. The summed E-state index contributed by atoms with van der Waals surface area (Å²) >= 11 is 0. The summed E-state index contributed by atoms with van der Waals surface area (Å²) in [6, 6.07) is -0.370. The minimum absolute atomic E-state index is 0.114. The summed E-state index contributed by atoms with van der Waals surface area (Å²) in [7, 11) is 0. The first-order valence-electron chi connectivity index (χ1n) is 4.61. The third kappa shape index (κ3) is 4.69. The van der Waals surface area contributed by atoms with Crippen molar-refractivity contribution in [3.63, 3.8) is 0 Å². The van der Waals surface area contributed by atoms with Gasteiger partial charge in [0.25, 0.3) is 0 Å². The number of hydrogen-bond acceptors (Lipinski definition) is 2. The van der Waals surface area contributed by atoms with Gasteiger partial charge in [-0.25, -0.2) is 0 Å². The molecule has 1 atom stereocenters. The van der Waals surface area contributed by atoms with Crippen molar-refractivity contribution in [2.24, 2.45) is 11.1 Å². The summed E-state index contributed by atoms with van der Waals surface area (Å²) in [4.78, 5) is 11.5. The third-order valence-corrected chi connectivity index (χ3v) is 2.02. The summed E-state index contributed by atoms with van der Waals surface area (Å²) < 4.78 is 0. The van der Waals surface area contributed by atoms with Crippen LogP contribution in [-0.2, 0) is 4.79 Å². The van der Waals surface area contributed by atoms with Crippen molar-refractivity contribution in [2.75, 3.05) is 0 Å². The van der Waals surface area contributed by atoms with E-state index in [4.69, 9.17) is 12.2 Å². The van der Waals surface area contributed by atoms with Crippen LogP contribution in [0.3, 0.4) is 0 Å². The molecule has 0 amide bonds. The van der Waals surface area contributed by atoms with E-state index in [-0.39, 0.29) is 17.2 Å². The highest BCUT2D eigenvalue weighted by atomic mass is 16.1.